The molecule has 3 nitrogen and oxygen atoms in total. The molecule has 1 N–H and O–H groups in total. The Morgan fingerprint density at radius 2 is 2.11 bits per heavy atom. The van der Waals surface area contributed by atoms with E-state index in [2.05, 4.69) is 24.0 Å². The molecule has 0 aromatic carbocycles. The van der Waals surface area contributed by atoms with Gasteiger partial charge in [0.15, 0.2) is 0 Å². The number of thiophene rings is 1. The highest BCUT2D eigenvalue weighted by molar-refractivity contribution is 7.11. The molecule has 2 aromatic rings. The Balaban J connectivity index is 2.13. The Morgan fingerprint density at radius 1 is 1.33 bits per heavy atom. The third-order valence-corrected chi connectivity index (χ3v) is 4.11. The van der Waals surface area contributed by atoms with Crippen molar-refractivity contribution in [3.05, 3.63) is 45.9 Å². The van der Waals surface area contributed by atoms with Crippen molar-refractivity contribution in [1.29, 1.82) is 0 Å². The van der Waals surface area contributed by atoms with Crippen molar-refractivity contribution in [3.8, 4) is 5.75 Å². The molecule has 0 fully saturated rings. The van der Waals surface area contributed by atoms with Gasteiger partial charge < -0.3 is 9.84 Å². The fourth-order valence-corrected chi connectivity index (χ4v) is 2.85. The predicted octanol–water partition coefficient (Wildman–Crippen LogP) is 2.99. The number of aryl methyl sites for hydroxylation is 1. The Hall–Kier alpha value is -1.39. The topological polar surface area (TPSA) is 42.4 Å². The summed E-state index contributed by atoms with van der Waals surface area (Å²) < 4.78 is 5.21. The van der Waals surface area contributed by atoms with E-state index >= 15 is 0 Å². The maximum atomic E-state index is 10.3. The largest absolute Gasteiger partial charge is 0.495 e. The Labute approximate surface area is 111 Å². The van der Waals surface area contributed by atoms with Crippen LogP contribution in [0.25, 0.3) is 0 Å². The Kier molecular flexibility index (Phi) is 4.33. The molecular weight excluding hydrogens is 246 g/mol. The molecule has 0 aliphatic carbocycles. The first-order chi connectivity index (χ1) is 8.74. The first kappa shape index (κ1) is 13.1. The van der Waals surface area contributed by atoms with Gasteiger partial charge in [-0.1, -0.05) is 6.92 Å². The Bertz CT molecular complexity index is 510. The normalized spacial score (nSPS) is 12.4. The van der Waals surface area contributed by atoms with Gasteiger partial charge >= 0.3 is 0 Å². The zero-order valence-corrected chi connectivity index (χ0v) is 11.4. The van der Waals surface area contributed by atoms with Crippen molar-refractivity contribution in [2.45, 2.75) is 25.9 Å². The van der Waals surface area contributed by atoms with Crippen molar-refractivity contribution < 1.29 is 9.84 Å². The van der Waals surface area contributed by atoms with Crippen LogP contribution in [0.1, 0.15) is 28.3 Å². The van der Waals surface area contributed by atoms with Crippen LogP contribution in [0.3, 0.4) is 0 Å². The monoisotopic (exact) mass is 263 g/mol. The maximum absolute atomic E-state index is 10.3. The lowest BCUT2D eigenvalue weighted by Crippen LogP contribution is -2.03. The smallest absolute Gasteiger partial charge is 0.142 e. The van der Waals surface area contributed by atoms with Crippen molar-refractivity contribution in [3.63, 3.8) is 0 Å². The number of aliphatic hydroxyl groups is 1. The first-order valence-electron chi connectivity index (χ1n) is 5.98. The van der Waals surface area contributed by atoms with Crippen LogP contribution in [0.15, 0.2) is 30.6 Å². The summed E-state index contributed by atoms with van der Waals surface area (Å²) in [5.41, 5.74) is 0.791. The van der Waals surface area contributed by atoms with Crippen molar-refractivity contribution >= 4 is 11.3 Å². The molecule has 18 heavy (non-hydrogen) atoms. The lowest BCUT2D eigenvalue weighted by molar-refractivity contribution is 0.175. The lowest BCUT2D eigenvalue weighted by atomic mass is 10.1. The highest BCUT2D eigenvalue weighted by Crippen LogP contribution is 2.28. The number of hydrogen-bond acceptors (Lipinski definition) is 4. The highest BCUT2D eigenvalue weighted by atomic mass is 32.1. The summed E-state index contributed by atoms with van der Waals surface area (Å²) >= 11 is 1.75. The van der Waals surface area contributed by atoms with Crippen molar-refractivity contribution in [2.75, 3.05) is 7.11 Å². The standard InChI is InChI=1S/C14H17NO2S/c1-3-10-4-5-11(18-10)8-13(16)12-6-7-15-9-14(12)17-2/h4-7,9,13,16H,3,8H2,1-2H3. The molecule has 0 bridgehead atoms. The fraction of sp³-hybridized carbons (Fsp3) is 0.357. The second-order valence-electron chi connectivity index (χ2n) is 4.06. The molecule has 1 unspecified atom stereocenters. The fourth-order valence-electron chi connectivity index (χ4n) is 1.86. The van der Waals surface area contributed by atoms with E-state index in [4.69, 9.17) is 4.74 Å². The molecule has 1 atom stereocenters. The highest BCUT2D eigenvalue weighted by Gasteiger charge is 2.14. The molecule has 2 heterocycles. The van der Waals surface area contributed by atoms with E-state index in [1.807, 2.05) is 0 Å². The maximum Gasteiger partial charge on any atom is 0.142 e. The van der Waals surface area contributed by atoms with Crippen molar-refractivity contribution in [2.24, 2.45) is 0 Å². The molecule has 0 saturated heterocycles. The molecule has 0 aliphatic heterocycles. The van der Waals surface area contributed by atoms with Crippen molar-refractivity contribution in [1.82, 2.24) is 4.98 Å². The van der Waals surface area contributed by atoms with E-state index in [9.17, 15) is 5.11 Å². The molecule has 4 heteroatoms. The molecule has 0 amide bonds. The summed E-state index contributed by atoms with van der Waals surface area (Å²) in [6.45, 7) is 2.14. The zero-order chi connectivity index (χ0) is 13.0. The molecule has 0 aliphatic rings. The van der Waals surface area contributed by atoms with Gasteiger partial charge in [0.2, 0.25) is 0 Å². The van der Waals surface area contributed by atoms with E-state index in [0.717, 1.165) is 12.0 Å². The first-order valence-corrected chi connectivity index (χ1v) is 6.79. The number of hydrogen-bond donors (Lipinski definition) is 1. The summed E-state index contributed by atoms with van der Waals surface area (Å²) in [5.74, 6) is 0.636. The number of pyridine rings is 1. The van der Waals surface area contributed by atoms with Gasteiger partial charge in [-0.25, -0.2) is 0 Å². The zero-order valence-electron chi connectivity index (χ0n) is 10.6. The lowest BCUT2D eigenvalue weighted by Gasteiger charge is -2.13. The second kappa shape index (κ2) is 5.98. The number of aliphatic hydroxyl groups excluding tert-OH is 1. The minimum Gasteiger partial charge on any atom is -0.495 e. The molecule has 0 saturated carbocycles. The summed E-state index contributed by atoms with van der Waals surface area (Å²) in [4.78, 5) is 6.53. The number of methoxy groups -OCH3 is 1. The van der Waals surface area contributed by atoms with Crippen LogP contribution >= 0.6 is 11.3 Å². The van der Waals surface area contributed by atoms with Gasteiger partial charge in [-0.15, -0.1) is 11.3 Å². The van der Waals surface area contributed by atoms with Gasteiger partial charge in [-0.05, 0) is 24.6 Å². The average molecular weight is 263 g/mol. The number of ether oxygens (including phenoxy) is 1. The third-order valence-electron chi connectivity index (χ3n) is 2.86. The summed E-state index contributed by atoms with van der Waals surface area (Å²) in [6, 6.07) is 6.01. The van der Waals surface area contributed by atoms with E-state index in [1.54, 1.807) is 36.9 Å². The van der Waals surface area contributed by atoms with Crippen LogP contribution in [-0.4, -0.2) is 17.2 Å². The van der Waals surface area contributed by atoms with Gasteiger partial charge in [0.1, 0.15) is 5.75 Å². The minimum absolute atomic E-state index is 0.550. The molecule has 96 valence electrons. The van der Waals surface area contributed by atoms with Gasteiger partial charge in [0.05, 0.1) is 19.4 Å². The summed E-state index contributed by atoms with van der Waals surface area (Å²) in [6.07, 6.45) is 4.41. The third kappa shape index (κ3) is 2.89. The quantitative estimate of drug-likeness (QED) is 0.901. The summed E-state index contributed by atoms with van der Waals surface area (Å²) in [5, 5.41) is 10.3. The van der Waals surface area contributed by atoms with E-state index < -0.39 is 6.10 Å². The van der Waals surface area contributed by atoms with Crippen LogP contribution in [0.4, 0.5) is 0 Å². The minimum atomic E-state index is -0.550. The van der Waals surface area contributed by atoms with Crippen LogP contribution in [0, 0.1) is 0 Å². The van der Waals surface area contributed by atoms with Gasteiger partial charge in [0, 0.05) is 27.9 Å². The van der Waals surface area contributed by atoms with Crippen LogP contribution in [-0.2, 0) is 12.8 Å². The van der Waals surface area contributed by atoms with Gasteiger partial charge in [-0.2, -0.15) is 0 Å². The van der Waals surface area contributed by atoms with E-state index in [-0.39, 0.29) is 0 Å². The number of rotatable bonds is 5. The molecule has 0 radical (unpaired) electrons. The number of aromatic nitrogens is 1. The van der Waals surface area contributed by atoms with Gasteiger partial charge in [0.25, 0.3) is 0 Å². The molecule has 2 rings (SSSR count). The van der Waals surface area contributed by atoms with Crippen LogP contribution < -0.4 is 4.74 Å². The Morgan fingerprint density at radius 3 is 2.78 bits per heavy atom. The molecule has 0 spiro atoms. The SMILES string of the molecule is CCc1ccc(CC(O)c2ccncc2OC)s1. The van der Waals surface area contributed by atoms with Gasteiger partial charge in [-0.3, -0.25) is 4.98 Å². The van der Waals surface area contributed by atoms with E-state index in [1.165, 1.54) is 9.75 Å². The second-order valence-corrected chi connectivity index (χ2v) is 5.31. The summed E-state index contributed by atoms with van der Waals surface area (Å²) in [7, 11) is 1.59. The van der Waals surface area contributed by atoms with Crippen LogP contribution in [0.2, 0.25) is 0 Å². The van der Waals surface area contributed by atoms with Crippen LogP contribution in [0.5, 0.6) is 5.75 Å². The van der Waals surface area contributed by atoms with E-state index in [0.29, 0.717) is 12.2 Å². The predicted molar refractivity (Wildman–Crippen MR) is 73.1 cm³/mol. The number of nitrogens with zero attached hydrogens (tertiary/aromatic N) is 1. The molecular formula is C14H17NO2S. The average Bonchev–Trinajstić information content (AvgIpc) is 2.86. The molecule has 2 aromatic heterocycles.